The first-order valence-electron chi connectivity index (χ1n) is 6.13. The zero-order valence-electron chi connectivity index (χ0n) is 11.0. The number of aryl methyl sites for hydroxylation is 2. The number of nitrogens with zero attached hydrogens (tertiary/aromatic N) is 1. The quantitative estimate of drug-likeness (QED) is 0.897. The molecule has 106 valence electrons. The lowest BCUT2D eigenvalue weighted by Gasteiger charge is -2.10. The SMILES string of the molecule is Cc1ccc(NS(=O)(=O)CCc2ccccn2)c(Br)c1. The van der Waals surface area contributed by atoms with Crippen molar-refractivity contribution >= 4 is 31.6 Å². The number of hydrogen-bond acceptors (Lipinski definition) is 3. The van der Waals surface area contributed by atoms with E-state index in [1.54, 1.807) is 18.3 Å². The van der Waals surface area contributed by atoms with Crippen LogP contribution >= 0.6 is 15.9 Å². The minimum Gasteiger partial charge on any atom is -0.282 e. The molecule has 2 aromatic rings. The Kier molecular flexibility index (Phi) is 4.77. The van der Waals surface area contributed by atoms with Crippen LogP contribution in [0.25, 0.3) is 0 Å². The Morgan fingerprint density at radius 1 is 1.25 bits per heavy atom. The average molecular weight is 355 g/mol. The Morgan fingerprint density at radius 2 is 2.05 bits per heavy atom. The number of pyridine rings is 1. The van der Waals surface area contributed by atoms with Crippen molar-refractivity contribution in [3.05, 3.63) is 58.3 Å². The number of halogens is 1. The number of aromatic nitrogens is 1. The number of benzene rings is 1. The molecule has 20 heavy (non-hydrogen) atoms. The van der Waals surface area contributed by atoms with Crippen LogP contribution in [0.4, 0.5) is 5.69 Å². The van der Waals surface area contributed by atoms with Gasteiger partial charge in [-0.15, -0.1) is 0 Å². The van der Waals surface area contributed by atoms with Crippen LogP contribution in [0.15, 0.2) is 47.1 Å². The molecule has 1 aromatic heterocycles. The summed E-state index contributed by atoms with van der Waals surface area (Å²) in [6, 6.07) is 11.0. The first-order valence-corrected chi connectivity index (χ1v) is 8.57. The molecule has 1 aromatic carbocycles. The third-order valence-corrected chi connectivity index (χ3v) is 4.67. The molecule has 2 rings (SSSR count). The molecule has 0 bridgehead atoms. The van der Waals surface area contributed by atoms with E-state index in [1.165, 1.54) is 0 Å². The standard InChI is InChI=1S/C14H15BrN2O2S/c1-11-5-6-14(13(15)10-11)17-20(18,19)9-7-12-4-2-3-8-16-12/h2-6,8,10,17H,7,9H2,1H3. The molecule has 0 amide bonds. The zero-order valence-corrected chi connectivity index (χ0v) is 13.4. The van der Waals surface area contributed by atoms with Gasteiger partial charge in [-0.25, -0.2) is 8.42 Å². The van der Waals surface area contributed by atoms with Crippen molar-refractivity contribution < 1.29 is 8.42 Å². The van der Waals surface area contributed by atoms with Crippen LogP contribution in [0.3, 0.4) is 0 Å². The molecule has 0 atom stereocenters. The highest BCUT2D eigenvalue weighted by Crippen LogP contribution is 2.24. The molecular formula is C14H15BrN2O2S. The van der Waals surface area contributed by atoms with Gasteiger partial charge in [-0.3, -0.25) is 9.71 Å². The highest BCUT2D eigenvalue weighted by atomic mass is 79.9. The van der Waals surface area contributed by atoms with Crippen LogP contribution in [-0.2, 0) is 16.4 Å². The highest BCUT2D eigenvalue weighted by Gasteiger charge is 2.13. The van der Waals surface area contributed by atoms with Crippen molar-refractivity contribution in [1.29, 1.82) is 0 Å². The van der Waals surface area contributed by atoms with Crippen molar-refractivity contribution in [3.8, 4) is 0 Å². The van der Waals surface area contributed by atoms with Crippen LogP contribution in [0.2, 0.25) is 0 Å². The predicted molar refractivity (Wildman–Crippen MR) is 84.2 cm³/mol. The molecule has 0 spiro atoms. The summed E-state index contributed by atoms with van der Waals surface area (Å²) < 4.78 is 27.4. The summed E-state index contributed by atoms with van der Waals surface area (Å²) in [7, 11) is -3.39. The van der Waals surface area contributed by atoms with E-state index in [0.717, 1.165) is 15.7 Å². The van der Waals surface area contributed by atoms with E-state index in [1.807, 2.05) is 31.2 Å². The summed E-state index contributed by atoms with van der Waals surface area (Å²) in [6.07, 6.45) is 2.05. The third kappa shape index (κ3) is 4.31. The van der Waals surface area contributed by atoms with Crippen molar-refractivity contribution in [2.75, 3.05) is 10.5 Å². The normalized spacial score (nSPS) is 11.3. The monoisotopic (exact) mass is 354 g/mol. The Labute approximate surface area is 127 Å². The number of hydrogen-bond donors (Lipinski definition) is 1. The lowest BCUT2D eigenvalue weighted by atomic mass is 10.2. The van der Waals surface area contributed by atoms with Crippen LogP contribution in [0.5, 0.6) is 0 Å². The topological polar surface area (TPSA) is 59.1 Å². The minimum absolute atomic E-state index is 0.00430. The molecule has 0 unspecified atom stereocenters. The van der Waals surface area contributed by atoms with Crippen molar-refractivity contribution in [2.24, 2.45) is 0 Å². The van der Waals surface area contributed by atoms with E-state index in [2.05, 4.69) is 25.6 Å². The van der Waals surface area contributed by atoms with Gasteiger partial charge in [0, 0.05) is 22.8 Å². The summed E-state index contributed by atoms with van der Waals surface area (Å²) in [5.41, 5.74) is 2.38. The smallest absolute Gasteiger partial charge is 0.233 e. The summed E-state index contributed by atoms with van der Waals surface area (Å²) in [5.74, 6) is 0.00430. The van der Waals surface area contributed by atoms with Gasteiger partial charge >= 0.3 is 0 Å². The highest BCUT2D eigenvalue weighted by molar-refractivity contribution is 9.10. The van der Waals surface area contributed by atoms with Gasteiger partial charge in [-0.1, -0.05) is 12.1 Å². The van der Waals surface area contributed by atoms with E-state index in [-0.39, 0.29) is 5.75 Å². The van der Waals surface area contributed by atoms with Gasteiger partial charge in [-0.05, 0) is 52.7 Å². The summed E-state index contributed by atoms with van der Waals surface area (Å²) >= 11 is 3.36. The molecule has 0 saturated carbocycles. The fourth-order valence-electron chi connectivity index (χ4n) is 1.71. The van der Waals surface area contributed by atoms with E-state index < -0.39 is 10.0 Å². The van der Waals surface area contributed by atoms with Crippen LogP contribution in [-0.4, -0.2) is 19.2 Å². The molecule has 6 heteroatoms. The van der Waals surface area contributed by atoms with Gasteiger partial charge in [0.1, 0.15) is 0 Å². The fourth-order valence-corrected chi connectivity index (χ4v) is 3.52. The molecule has 0 aliphatic rings. The van der Waals surface area contributed by atoms with Crippen LogP contribution in [0, 0.1) is 6.92 Å². The van der Waals surface area contributed by atoms with Crippen molar-refractivity contribution in [2.45, 2.75) is 13.3 Å². The van der Waals surface area contributed by atoms with E-state index in [9.17, 15) is 8.42 Å². The van der Waals surface area contributed by atoms with Gasteiger partial charge in [-0.2, -0.15) is 0 Å². The molecule has 0 aliphatic heterocycles. The third-order valence-electron chi connectivity index (χ3n) is 2.74. The van der Waals surface area contributed by atoms with Gasteiger partial charge in [0.15, 0.2) is 0 Å². The fraction of sp³-hybridized carbons (Fsp3) is 0.214. The zero-order chi connectivity index (χ0) is 14.6. The lowest BCUT2D eigenvalue weighted by molar-refractivity contribution is 0.600. The molecular weight excluding hydrogens is 340 g/mol. The molecule has 0 radical (unpaired) electrons. The molecule has 0 fully saturated rings. The number of nitrogens with one attached hydrogen (secondary N) is 1. The number of anilines is 1. The Morgan fingerprint density at radius 3 is 2.70 bits per heavy atom. The molecule has 0 aliphatic carbocycles. The summed E-state index contributed by atoms with van der Waals surface area (Å²) in [4.78, 5) is 4.12. The van der Waals surface area contributed by atoms with E-state index in [4.69, 9.17) is 0 Å². The second-order valence-corrected chi connectivity index (χ2v) is 7.17. The molecule has 4 nitrogen and oxygen atoms in total. The largest absolute Gasteiger partial charge is 0.282 e. The number of rotatable bonds is 5. The van der Waals surface area contributed by atoms with Gasteiger partial charge in [0.25, 0.3) is 0 Å². The van der Waals surface area contributed by atoms with E-state index >= 15 is 0 Å². The first kappa shape index (κ1) is 15.0. The maximum absolute atomic E-state index is 12.1. The predicted octanol–water partition coefficient (Wildman–Crippen LogP) is 3.14. The van der Waals surface area contributed by atoms with E-state index in [0.29, 0.717) is 12.1 Å². The van der Waals surface area contributed by atoms with Crippen LogP contribution < -0.4 is 4.72 Å². The van der Waals surface area contributed by atoms with Crippen LogP contribution in [0.1, 0.15) is 11.3 Å². The maximum atomic E-state index is 12.1. The lowest BCUT2D eigenvalue weighted by Crippen LogP contribution is -2.18. The average Bonchev–Trinajstić information content (AvgIpc) is 2.41. The van der Waals surface area contributed by atoms with Crippen molar-refractivity contribution in [1.82, 2.24) is 4.98 Å². The summed E-state index contributed by atoms with van der Waals surface area (Å²) in [6.45, 7) is 1.95. The summed E-state index contributed by atoms with van der Waals surface area (Å²) in [5, 5.41) is 0. The van der Waals surface area contributed by atoms with Gasteiger partial charge in [0.2, 0.25) is 10.0 Å². The molecule has 1 heterocycles. The maximum Gasteiger partial charge on any atom is 0.233 e. The van der Waals surface area contributed by atoms with Gasteiger partial charge < -0.3 is 0 Å². The first-order chi connectivity index (χ1) is 9.46. The minimum atomic E-state index is -3.39. The Balaban J connectivity index is 2.04. The number of sulfonamides is 1. The second kappa shape index (κ2) is 6.37. The molecule has 1 N–H and O–H groups in total. The second-order valence-electron chi connectivity index (χ2n) is 4.48. The van der Waals surface area contributed by atoms with Gasteiger partial charge in [0.05, 0.1) is 11.4 Å². The molecule has 0 saturated heterocycles. The Bertz CT molecular complexity index is 688. The van der Waals surface area contributed by atoms with Crippen molar-refractivity contribution in [3.63, 3.8) is 0 Å². The Hall–Kier alpha value is -1.40.